The number of hydrogen-bond acceptors (Lipinski definition) is 8. The van der Waals surface area contributed by atoms with Gasteiger partial charge in [0.25, 0.3) is 15.7 Å². The number of aryl methyl sites for hydroxylation is 2. The highest BCUT2D eigenvalue weighted by Crippen LogP contribution is 2.30. The smallest absolute Gasteiger partial charge is 0.270 e. The summed E-state index contributed by atoms with van der Waals surface area (Å²) in [6.07, 6.45) is 1.39. The molecule has 0 aliphatic carbocycles. The Morgan fingerprint density at radius 1 is 1.06 bits per heavy atom. The van der Waals surface area contributed by atoms with Gasteiger partial charge in [0.1, 0.15) is 4.90 Å². The van der Waals surface area contributed by atoms with Crippen molar-refractivity contribution in [1.82, 2.24) is 0 Å². The Bertz CT molecular complexity index is 1340. The van der Waals surface area contributed by atoms with Crippen molar-refractivity contribution in [2.45, 2.75) is 18.7 Å². The Morgan fingerprint density at radius 2 is 1.79 bits per heavy atom. The molecule has 0 amide bonds. The zero-order valence-corrected chi connectivity index (χ0v) is 18.9. The first-order valence-corrected chi connectivity index (χ1v) is 11.1. The molecule has 0 bridgehead atoms. The van der Waals surface area contributed by atoms with Crippen LogP contribution in [0.5, 0.6) is 11.5 Å². The molecule has 172 valence electrons. The van der Waals surface area contributed by atoms with E-state index in [2.05, 4.69) is 15.2 Å². The number of nitrogens with one attached hydrogen (secondary N) is 2. The summed E-state index contributed by atoms with van der Waals surface area (Å²) >= 11 is 0. The van der Waals surface area contributed by atoms with Gasteiger partial charge >= 0.3 is 0 Å². The molecule has 3 rings (SSSR count). The van der Waals surface area contributed by atoms with Gasteiger partial charge in [0.2, 0.25) is 0 Å². The third-order valence-corrected chi connectivity index (χ3v) is 6.10. The first kappa shape index (κ1) is 23.5. The number of methoxy groups -OCH3 is 1. The highest BCUT2D eigenvalue weighted by Gasteiger charge is 2.23. The summed E-state index contributed by atoms with van der Waals surface area (Å²) < 4.78 is 33.8. The van der Waals surface area contributed by atoms with Crippen LogP contribution >= 0.6 is 0 Å². The molecule has 0 aliphatic heterocycles. The molecule has 0 fully saturated rings. The van der Waals surface area contributed by atoms with Crippen molar-refractivity contribution >= 4 is 33.3 Å². The summed E-state index contributed by atoms with van der Waals surface area (Å²) in [6, 6.07) is 13.2. The van der Waals surface area contributed by atoms with Gasteiger partial charge < -0.3 is 9.84 Å². The lowest BCUT2D eigenvalue weighted by Crippen LogP contribution is -2.16. The van der Waals surface area contributed by atoms with Crippen LogP contribution < -0.4 is 14.9 Å². The van der Waals surface area contributed by atoms with Crippen LogP contribution in [0.25, 0.3) is 0 Å². The molecular formula is C22H22N4O6S. The predicted molar refractivity (Wildman–Crippen MR) is 126 cm³/mol. The maximum absolute atomic E-state index is 13.1. The maximum Gasteiger partial charge on any atom is 0.270 e. The molecule has 3 aromatic carbocycles. The number of rotatable bonds is 8. The Labute approximate surface area is 190 Å². The molecule has 11 heteroatoms. The van der Waals surface area contributed by atoms with Crippen LogP contribution in [0.2, 0.25) is 0 Å². The van der Waals surface area contributed by atoms with E-state index < -0.39 is 14.9 Å². The van der Waals surface area contributed by atoms with Crippen LogP contribution in [-0.2, 0) is 10.0 Å². The molecule has 3 N–H and O–H groups in total. The maximum atomic E-state index is 13.1. The van der Waals surface area contributed by atoms with Gasteiger partial charge in [-0.3, -0.25) is 20.3 Å². The molecule has 0 heterocycles. The van der Waals surface area contributed by atoms with Gasteiger partial charge in [-0.25, -0.2) is 8.42 Å². The minimum Gasteiger partial charge on any atom is -0.504 e. The summed E-state index contributed by atoms with van der Waals surface area (Å²) in [5, 5.41) is 24.9. The summed E-state index contributed by atoms with van der Waals surface area (Å²) in [5.74, 6) is 0.207. The van der Waals surface area contributed by atoms with Crippen LogP contribution in [-0.4, -0.2) is 31.8 Å². The van der Waals surface area contributed by atoms with Crippen LogP contribution in [0.4, 0.5) is 17.1 Å². The first-order chi connectivity index (χ1) is 15.6. The molecule has 0 aliphatic rings. The lowest BCUT2D eigenvalue weighted by molar-refractivity contribution is -0.385. The number of phenolic OH excluding ortho intramolecular Hbond substituents is 1. The second kappa shape index (κ2) is 9.57. The van der Waals surface area contributed by atoms with Gasteiger partial charge in [0, 0.05) is 12.1 Å². The first-order valence-electron chi connectivity index (χ1n) is 9.65. The minimum absolute atomic E-state index is 0.0381. The van der Waals surface area contributed by atoms with E-state index in [-0.39, 0.29) is 27.8 Å². The van der Waals surface area contributed by atoms with E-state index >= 15 is 0 Å². The van der Waals surface area contributed by atoms with Gasteiger partial charge in [0.15, 0.2) is 11.5 Å². The quantitative estimate of drug-likeness (QED) is 0.255. The highest BCUT2D eigenvalue weighted by molar-refractivity contribution is 7.92. The molecule has 0 spiro atoms. The third-order valence-electron chi connectivity index (χ3n) is 4.69. The summed E-state index contributed by atoms with van der Waals surface area (Å²) in [5.41, 5.74) is 4.88. The molecule has 0 unspecified atom stereocenters. The molecule has 0 radical (unpaired) electrons. The second-order valence-corrected chi connectivity index (χ2v) is 8.81. The van der Waals surface area contributed by atoms with Crippen molar-refractivity contribution < 1.29 is 23.2 Å². The number of sulfonamides is 1. The Morgan fingerprint density at radius 3 is 2.45 bits per heavy atom. The van der Waals surface area contributed by atoms with Crippen molar-refractivity contribution in [2.75, 3.05) is 17.3 Å². The molecule has 3 aromatic rings. The standard InChI is InChI=1S/C22H22N4O6S/c1-14-4-7-18(15(2)10-14)25-33(30,31)22-12-17(26(28)29)6-8-19(22)24-23-13-16-5-9-20(27)21(11-16)32-3/h4-13,24-25,27H,1-3H3/b23-13+. The largest absolute Gasteiger partial charge is 0.504 e. The van der Waals surface area contributed by atoms with Crippen molar-refractivity contribution in [3.63, 3.8) is 0 Å². The Kier molecular flexibility index (Phi) is 6.83. The number of hydrazone groups is 1. The molecule has 0 saturated heterocycles. The fourth-order valence-corrected chi connectivity index (χ4v) is 4.33. The van der Waals surface area contributed by atoms with Gasteiger partial charge in [-0.1, -0.05) is 17.7 Å². The molecular weight excluding hydrogens is 448 g/mol. The number of anilines is 2. The fourth-order valence-electron chi connectivity index (χ4n) is 3.02. The molecule has 0 aromatic heterocycles. The summed E-state index contributed by atoms with van der Waals surface area (Å²) in [4.78, 5) is 10.2. The highest BCUT2D eigenvalue weighted by atomic mass is 32.2. The average Bonchev–Trinajstić information content (AvgIpc) is 2.76. The van der Waals surface area contributed by atoms with E-state index in [1.54, 1.807) is 25.1 Å². The topological polar surface area (TPSA) is 143 Å². The van der Waals surface area contributed by atoms with Crippen LogP contribution in [0, 0.1) is 24.0 Å². The molecule has 0 saturated carbocycles. The Balaban J connectivity index is 1.95. The second-order valence-electron chi connectivity index (χ2n) is 7.16. The lowest BCUT2D eigenvalue weighted by Gasteiger charge is -2.14. The van der Waals surface area contributed by atoms with E-state index in [9.17, 15) is 23.6 Å². The SMILES string of the molecule is COc1cc(/C=N/Nc2ccc([N+](=O)[O-])cc2S(=O)(=O)Nc2ccc(C)cc2C)ccc1O. The number of non-ortho nitro benzene ring substituents is 1. The average molecular weight is 471 g/mol. The van der Waals surface area contributed by atoms with Crippen molar-refractivity contribution in [1.29, 1.82) is 0 Å². The van der Waals surface area contributed by atoms with Gasteiger partial charge in [-0.2, -0.15) is 5.10 Å². The van der Waals surface area contributed by atoms with Gasteiger partial charge in [-0.15, -0.1) is 0 Å². The predicted octanol–water partition coefficient (Wildman–Crippen LogP) is 4.17. The van der Waals surface area contributed by atoms with E-state index in [4.69, 9.17) is 4.74 Å². The van der Waals surface area contributed by atoms with Crippen molar-refractivity contribution in [3.8, 4) is 11.5 Å². The third kappa shape index (κ3) is 5.57. The van der Waals surface area contributed by atoms with E-state index in [0.29, 0.717) is 16.8 Å². The summed E-state index contributed by atoms with van der Waals surface area (Å²) in [7, 11) is -2.78. The van der Waals surface area contributed by atoms with Gasteiger partial charge in [-0.05, 0) is 55.3 Å². The number of ether oxygens (including phenoxy) is 1. The van der Waals surface area contributed by atoms with Crippen LogP contribution in [0.3, 0.4) is 0 Å². The summed E-state index contributed by atoms with van der Waals surface area (Å²) in [6.45, 7) is 3.64. The van der Waals surface area contributed by atoms with Crippen LogP contribution in [0.15, 0.2) is 64.6 Å². The van der Waals surface area contributed by atoms with E-state index in [0.717, 1.165) is 11.6 Å². The van der Waals surface area contributed by atoms with E-state index in [1.165, 1.54) is 37.6 Å². The number of benzene rings is 3. The number of hydrogen-bond donors (Lipinski definition) is 3. The number of aromatic hydroxyl groups is 1. The Hall–Kier alpha value is -4.12. The molecule has 10 nitrogen and oxygen atoms in total. The minimum atomic E-state index is -4.19. The molecule has 0 atom stereocenters. The molecule has 33 heavy (non-hydrogen) atoms. The van der Waals surface area contributed by atoms with Crippen molar-refractivity contribution in [3.05, 3.63) is 81.4 Å². The zero-order chi connectivity index (χ0) is 24.2. The van der Waals surface area contributed by atoms with Gasteiger partial charge in [0.05, 0.1) is 29.6 Å². The number of phenols is 1. The van der Waals surface area contributed by atoms with Crippen LogP contribution in [0.1, 0.15) is 16.7 Å². The number of nitro benzene ring substituents is 1. The normalized spacial score (nSPS) is 11.4. The zero-order valence-electron chi connectivity index (χ0n) is 18.1. The monoisotopic (exact) mass is 470 g/mol. The number of nitro groups is 1. The van der Waals surface area contributed by atoms with E-state index in [1.807, 2.05) is 13.0 Å². The van der Waals surface area contributed by atoms with Crippen molar-refractivity contribution in [2.24, 2.45) is 5.10 Å². The fraction of sp³-hybridized carbons (Fsp3) is 0.136. The lowest BCUT2D eigenvalue weighted by atomic mass is 10.1. The number of nitrogens with zero attached hydrogens (tertiary/aromatic N) is 2.